The standard InChI is InChI=1S/C38H30N2/c1-3-11-37-36(4-2)39-38(27-12-6-5-7-13-27)40(37)31-21-18-26(19-22-31)32-16-10-17-33-34(32)23-20-30-24-28-14-8-9-15-29(28)25-35(30)33/h3-6,8-12,14-25H,1,7,13H2,2H3/b36-4+,37-11+. The number of fused-ring (bicyclic) bond motifs is 4. The van der Waals surface area contributed by atoms with Gasteiger partial charge in [-0.3, -0.25) is 4.57 Å². The fourth-order valence-corrected chi connectivity index (χ4v) is 6.02. The summed E-state index contributed by atoms with van der Waals surface area (Å²) >= 11 is 0. The highest BCUT2D eigenvalue weighted by Crippen LogP contribution is 2.35. The molecule has 0 aliphatic heterocycles. The molecule has 5 aromatic carbocycles. The van der Waals surface area contributed by atoms with Crippen LogP contribution in [0.25, 0.3) is 66.9 Å². The Morgan fingerprint density at radius 2 is 1.62 bits per heavy atom. The maximum absolute atomic E-state index is 5.05. The third kappa shape index (κ3) is 4.01. The van der Waals surface area contributed by atoms with Crippen LogP contribution in [-0.2, 0) is 0 Å². The van der Waals surface area contributed by atoms with Gasteiger partial charge < -0.3 is 0 Å². The number of benzene rings is 5. The molecule has 0 spiro atoms. The van der Waals surface area contributed by atoms with Crippen molar-refractivity contribution in [1.82, 2.24) is 9.55 Å². The summed E-state index contributed by atoms with van der Waals surface area (Å²) in [5.41, 5.74) is 4.80. The van der Waals surface area contributed by atoms with Gasteiger partial charge in [-0.25, -0.2) is 4.98 Å². The number of allylic oxidation sites excluding steroid dienone is 5. The van der Waals surface area contributed by atoms with Crippen molar-refractivity contribution >= 4 is 50.0 Å². The van der Waals surface area contributed by atoms with Crippen molar-refractivity contribution in [3.05, 3.63) is 138 Å². The molecule has 40 heavy (non-hydrogen) atoms. The van der Waals surface area contributed by atoms with Gasteiger partial charge in [0.15, 0.2) is 0 Å². The van der Waals surface area contributed by atoms with Gasteiger partial charge in [-0.1, -0.05) is 104 Å². The van der Waals surface area contributed by atoms with Crippen molar-refractivity contribution in [1.29, 1.82) is 0 Å². The molecule has 1 aromatic heterocycles. The Labute approximate surface area is 234 Å². The van der Waals surface area contributed by atoms with Crippen molar-refractivity contribution in [2.45, 2.75) is 19.8 Å². The van der Waals surface area contributed by atoms with Crippen molar-refractivity contribution < 1.29 is 0 Å². The first-order valence-corrected chi connectivity index (χ1v) is 13.9. The van der Waals surface area contributed by atoms with Crippen molar-refractivity contribution in [3.63, 3.8) is 0 Å². The van der Waals surface area contributed by atoms with E-state index in [1.807, 2.05) is 13.0 Å². The van der Waals surface area contributed by atoms with Crippen LogP contribution >= 0.6 is 0 Å². The number of imidazole rings is 1. The van der Waals surface area contributed by atoms with Crippen LogP contribution in [-0.4, -0.2) is 9.55 Å². The molecule has 0 saturated heterocycles. The van der Waals surface area contributed by atoms with Gasteiger partial charge in [0.25, 0.3) is 0 Å². The van der Waals surface area contributed by atoms with Crippen molar-refractivity contribution in [3.8, 4) is 16.8 Å². The molecule has 0 atom stereocenters. The molecule has 0 saturated carbocycles. The normalized spacial score (nSPS) is 14.4. The van der Waals surface area contributed by atoms with E-state index >= 15 is 0 Å². The molecule has 0 N–H and O–H groups in total. The Hall–Kier alpha value is -4.95. The summed E-state index contributed by atoms with van der Waals surface area (Å²) in [6, 6.07) is 33.3. The molecule has 1 aliphatic carbocycles. The van der Waals surface area contributed by atoms with E-state index < -0.39 is 0 Å². The first-order chi connectivity index (χ1) is 19.7. The van der Waals surface area contributed by atoms with E-state index in [-0.39, 0.29) is 0 Å². The summed E-state index contributed by atoms with van der Waals surface area (Å²) in [5, 5.41) is 9.69. The lowest BCUT2D eigenvalue weighted by atomic mass is 9.93. The van der Waals surface area contributed by atoms with E-state index in [4.69, 9.17) is 4.98 Å². The third-order valence-electron chi connectivity index (χ3n) is 7.97. The van der Waals surface area contributed by atoms with Gasteiger partial charge in [0.05, 0.1) is 10.7 Å². The highest BCUT2D eigenvalue weighted by Gasteiger charge is 2.15. The first kappa shape index (κ1) is 24.1. The highest BCUT2D eigenvalue weighted by molar-refractivity contribution is 6.15. The molecule has 0 amide bonds. The van der Waals surface area contributed by atoms with Gasteiger partial charge in [-0.2, -0.15) is 0 Å². The fraction of sp³-hybridized carbons (Fsp3) is 0.0789. The second kappa shape index (κ2) is 9.98. The Bertz CT molecular complexity index is 2120. The Balaban J connectivity index is 1.38. The highest BCUT2D eigenvalue weighted by atomic mass is 15.1. The van der Waals surface area contributed by atoms with Gasteiger partial charge in [0.1, 0.15) is 5.82 Å². The Kier molecular flexibility index (Phi) is 6.02. The molecule has 7 rings (SSSR count). The lowest BCUT2D eigenvalue weighted by Crippen LogP contribution is -2.29. The molecule has 2 heteroatoms. The zero-order valence-corrected chi connectivity index (χ0v) is 22.6. The van der Waals surface area contributed by atoms with E-state index in [1.165, 1.54) is 49.0 Å². The lowest BCUT2D eigenvalue weighted by molar-refractivity contribution is 0.950. The molecule has 0 unspecified atom stereocenters. The second-order valence-corrected chi connectivity index (χ2v) is 10.3. The third-order valence-corrected chi connectivity index (χ3v) is 7.97. The number of rotatable bonds is 4. The predicted molar refractivity (Wildman–Crippen MR) is 172 cm³/mol. The first-order valence-electron chi connectivity index (χ1n) is 13.9. The molecule has 1 heterocycles. The van der Waals surface area contributed by atoms with Gasteiger partial charge in [-0.05, 0) is 99.1 Å². The predicted octanol–water partition coefficient (Wildman–Crippen LogP) is 8.50. The smallest absolute Gasteiger partial charge is 0.141 e. The molecule has 0 fully saturated rings. The zero-order chi connectivity index (χ0) is 27.1. The zero-order valence-electron chi connectivity index (χ0n) is 22.6. The fourth-order valence-electron chi connectivity index (χ4n) is 6.02. The van der Waals surface area contributed by atoms with Crippen LogP contribution in [0.15, 0.2) is 122 Å². The molecular weight excluding hydrogens is 484 g/mol. The quantitative estimate of drug-likeness (QED) is 0.170. The number of hydrogen-bond acceptors (Lipinski definition) is 1. The van der Waals surface area contributed by atoms with E-state index in [9.17, 15) is 0 Å². The summed E-state index contributed by atoms with van der Waals surface area (Å²) in [6.07, 6.45) is 14.5. The topological polar surface area (TPSA) is 17.8 Å². The summed E-state index contributed by atoms with van der Waals surface area (Å²) < 4.78 is 2.27. The van der Waals surface area contributed by atoms with E-state index in [2.05, 4.69) is 133 Å². The molecule has 0 bridgehead atoms. The van der Waals surface area contributed by atoms with Crippen LogP contribution in [0, 0.1) is 0 Å². The number of aromatic nitrogens is 2. The molecule has 192 valence electrons. The van der Waals surface area contributed by atoms with Crippen LogP contribution in [0.5, 0.6) is 0 Å². The van der Waals surface area contributed by atoms with E-state index in [1.54, 1.807) is 0 Å². The van der Waals surface area contributed by atoms with Gasteiger partial charge in [-0.15, -0.1) is 0 Å². The Morgan fingerprint density at radius 3 is 2.38 bits per heavy atom. The minimum absolute atomic E-state index is 0.975. The van der Waals surface area contributed by atoms with E-state index in [0.29, 0.717) is 0 Å². The van der Waals surface area contributed by atoms with Crippen LogP contribution < -0.4 is 10.7 Å². The van der Waals surface area contributed by atoms with Gasteiger partial charge in [0, 0.05) is 5.69 Å². The van der Waals surface area contributed by atoms with Crippen molar-refractivity contribution in [2.75, 3.05) is 0 Å². The van der Waals surface area contributed by atoms with Gasteiger partial charge >= 0.3 is 0 Å². The largest absolute Gasteiger partial charge is 0.293 e. The molecule has 1 aliphatic rings. The molecule has 0 radical (unpaired) electrons. The second-order valence-electron chi connectivity index (χ2n) is 10.3. The van der Waals surface area contributed by atoms with E-state index in [0.717, 1.165) is 35.1 Å². The summed E-state index contributed by atoms with van der Waals surface area (Å²) in [4.78, 5) is 5.05. The van der Waals surface area contributed by atoms with Crippen LogP contribution in [0.1, 0.15) is 25.6 Å². The van der Waals surface area contributed by atoms with Crippen LogP contribution in [0.3, 0.4) is 0 Å². The number of nitrogens with zero attached hydrogens (tertiary/aromatic N) is 2. The minimum Gasteiger partial charge on any atom is -0.293 e. The molecular formula is C38H30N2. The lowest BCUT2D eigenvalue weighted by Gasteiger charge is -2.14. The monoisotopic (exact) mass is 514 g/mol. The summed E-state index contributed by atoms with van der Waals surface area (Å²) in [7, 11) is 0. The van der Waals surface area contributed by atoms with Crippen molar-refractivity contribution in [2.24, 2.45) is 0 Å². The summed E-state index contributed by atoms with van der Waals surface area (Å²) in [6.45, 7) is 6.02. The Morgan fingerprint density at radius 1 is 0.800 bits per heavy atom. The number of hydrogen-bond donors (Lipinski definition) is 0. The van der Waals surface area contributed by atoms with Crippen LogP contribution in [0.2, 0.25) is 0 Å². The maximum Gasteiger partial charge on any atom is 0.141 e. The van der Waals surface area contributed by atoms with Crippen LogP contribution in [0.4, 0.5) is 0 Å². The SMILES string of the molecule is C=C/C=c1\c(=C/C)nc(C2=CC=CCC2)n1-c1ccc(-c2cccc3c2ccc2cc4ccccc4cc23)cc1. The van der Waals surface area contributed by atoms with Gasteiger partial charge in [0.2, 0.25) is 0 Å². The average molecular weight is 515 g/mol. The molecule has 6 aromatic rings. The summed E-state index contributed by atoms with van der Waals surface area (Å²) in [5.74, 6) is 1.00. The maximum atomic E-state index is 5.05. The minimum atomic E-state index is 0.975. The average Bonchev–Trinajstić information content (AvgIpc) is 3.38. The molecule has 2 nitrogen and oxygen atoms in total.